The minimum absolute atomic E-state index is 0.214. The largest absolute Gasteiger partial charge is 0.486 e. The van der Waals surface area contributed by atoms with Gasteiger partial charge in [0.15, 0.2) is 11.5 Å². The van der Waals surface area contributed by atoms with Gasteiger partial charge in [-0.1, -0.05) is 48.5 Å². The number of nitrogens with one attached hydrogen (secondary N) is 1. The molecule has 0 aliphatic carbocycles. The van der Waals surface area contributed by atoms with Gasteiger partial charge in [-0.25, -0.2) is 4.79 Å². The fraction of sp³-hybridized carbons (Fsp3) is 0.217. The Morgan fingerprint density at radius 2 is 1.72 bits per heavy atom. The summed E-state index contributed by atoms with van der Waals surface area (Å²) in [6.45, 7) is 2.90. The summed E-state index contributed by atoms with van der Waals surface area (Å²) in [5, 5.41) is 4.97. The standard InChI is InChI=1S/C23H20N2O4/c1-23(17-9-10-19-20(13-17)29-12-11-28-19)21(26)25(22(27)24-23)14-16-7-4-6-15-5-2-3-8-18(15)16/h2-10,13H,11-12,14H2,1H3,(H,24,27). The Morgan fingerprint density at radius 1 is 0.966 bits per heavy atom. The average molecular weight is 388 g/mol. The molecule has 1 saturated heterocycles. The van der Waals surface area contributed by atoms with Crippen LogP contribution >= 0.6 is 0 Å². The Kier molecular flexibility index (Phi) is 3.94. The molecule has 2 heterocycles. The van der Waals surface area contributed by atoms with Crippen LogP contribution in [0.15, 0.2) is 60.7 Å². The third-order valence-electron chi connectivity index (χ3n) is 5.60. The molecule has 146 valence electrons. The number of benzene rings is 3. The number of ether oxygens (including phenoxy) is 2. The van der Waals surface area contributed by atoms with Crippen molar-refractivity contribution in [1.82, 2.24) is 10.2 Å². The Hall–Kier alpha value is -3.54. The first-order valence-corrected chi connectivity index (χ1v) is 9.57. The van der Waals surface area contributed by atoms with Crippen molar-refractivity contribution in [2.45, 2.75) is 19.0 Å². The molecule has 0 radical (unpaired) electrons. The molecule has 1 fully saturated rings. The van der Waals surface area contributed by atoms with Gasteiger partial charge in [-0.15, -0.1) is 0 Å². The SMILES string of the molecule is CC1(c2ccc3c(c2)OCCO3)NC(=O)N(Cc2cccc3ccccc23)C1=O. The van der Waals surface area contributed by atoms with Crippen LogP contribution < -0.4 is 14.8 Å². The molecule has 0 aromatic heterocycles. The van der Waals surface area contributed by atoms with Crippen molar-refractivity contribution in [3.63, 3.8) is 0 Å². The first kappa shape index (κ1) is 17.6. The van der Waals surface area contributed by atoms with Gasteiger partial charge in [0.05, 0.1) is 6.54 Å². The second-order valence-electron chi connectivity index (χ2n) is 7.44. The van der Waals surface area contributed by atoms with E-state index in [0.29, 0.717) is 30.3 Å². The minimum atomic E-state index is -1.16. The lowest BCUT2D eigenvalue weighted by atomic mass is 9.91. The molecule has 1 N–H and O–H groups in total. The predicted molar refractivity (Wildman–Crippen MR) is 108 cm³/mol. The second-order valence-corrected chi connectivity index (χ2v) is 7.44. The molecule has 5 rings (SSSR count). The van der Waals surface area contributed by atoms with Crippen LogP contribution in [0.4, 0.5) is 4.79 Å². The number of hydrogen-bond acceptors (Lipinski definition) is 4. The number of carbonyl (C=O) groups is 2. The van der Waals surface area contributed by atoms with Crippen LogP contribution in [-0.4, -0.2) is 30.1 Å². The van der Waals surface area contributed by atoms with Gasteiger partial charge in [-0.05, 0) is 41.0 Å². The van der Waals surface area contributed by atoms with Gasteiger partial charge in [0.1, 0.15) is 18.8 Å². The highest BCUT2D eigenvalue weighted by Gasteiger charge is 2.49. The Morgan fingerprint density at radius 3 is 2.59 bits per heavy atom. The van der Waals surface area contributed by atoms with Gasteiger partial charge in [0.25, 0.3) is 5.91 Å². The van der Waals surface area contributed by atoms with Crippen LogP contribution in [0.2, 0.25) is 0 Å². The quantitative estimate of drug-likeness (QED) is 0.697. The number of imide groups is 1. The molecule has 6 nitrogen and oxygen atoms in total. The maximum absolute atomic E-state index is 13.3. The number of carbonyl (C=O) groups excluding carboxylic acids is 2. The van der Waals surface area contributed by atoms with E-state index in [2.05, 4.69) is 5.32 Å². The number of hydrogen-bond donors (Lipinski definition) is 1. The highest BCUT2D eigenvalue weighted by Crippen LogP contribution is 2.37. The van der Waals surface area contributed by atoms with E-state index in [1.54, 1.807) is 25.1 Å². The molecule has 3 aromatic carbocycles. The monoisotopic (exact) mass is 388 g/mol. The fourth-order valence-electron chi connectivity index (χ4n) is 3.99. The zero-order chi connectivity index (χ0) is 20.0. The van der Waals surface area contributed by atoms with E-state index >= 15 is 0 Å². The van der Waals surface area contributed by atoms with Crippen LogP contribution in [0.5, 0.6) is 11.5 Å². The van der Waals surface area contributed by atoms with Crippen LogP contribution in [0.1, 0.15) is 18.1 Å². The molecule has 1 atom stereocenters. The molecule has 3 amide bonds. The number of nitrogens with zero attached hydrogens (tertiary/aromatic N) is 1. The average Bonchev–Trinajstić information content (AvgIpc) is 2.97. The molecule has 1 unspecified atom stereocenters. The smallest absolute Gasteiger partial charge is 0.325 e. The van der Waals surface area contributed by atoms with Crippen LogP contribution in [0.25, 0.3) is 10.8 Å². The molecule has 6 heteroatoms. The van der Waals surface area contributed by atoms with E-state index in [0.717, 1.165) is 16.3 Å². The Labute approximate surface area is 168 Å². The first-order valence-electron chi connectivity index (χ1n) is 9.57. The third-order valence-corrected chi connectivity index (χ3v) is 5.60. The summed E-state index contributed by atoms with van der Waals surface area (Å²) in [5.41, 5.74) is 0.441. The lowest BCUT2D eigenvalue weighted by molar-refractivity contribution is -0.131. The predicted octanol–water partition coefficient (Wildman–Crippen LogP) is 3.58. The van der Waals surface area contributed by atoms with Crippen molar-refractivity contribution in [2.75, 3.05) is 13.2 Å². The zero-order valence-electron chi connectivity index (χ0n) is 16.0. The van der Waals surface area contributed by atoms with Crippen LogP contribution in [0, 0.1) is 0 Å². The topological polar surface area (TPSA) is 67.9 Å². The van der Waals surface area contributed by atoms with Crippen LogP contribution in [-0.2, 0) is 16.9 Å². The molecule has 2 aliphatic rings. The molecular weight excluding hydrogens is 368 g/mol. The normalized spacial score (nSPS) is 20.8. The summed E-state index contributed by atoms with van der Waals surface area (Å²) in [6, 6.07) is 18.8. The lowest BCUT2D eigenvalue weighted by Gasteiger charge is -2.25. The molecular formula is C23H20N2O4. The van der Waals surface area contributed by atoms with Gasteiger partial charge in [-0.2, -0.15) is 0 Å². The van der Waals surface area contributed by atoms with Crippen LogP contribution in [0.3, 0.4) is 0 Å². The van der Waals surface area contributed by atoms with Gasteiger partial charge in [0.2, 0.25) is 0 Å². The zero-order valence-corrected chi connectivity index (χ0v) is 16.0. The number of rotatable bonds is 3. The fourth-order valence-corrected chi connectivity index (χ4v) is 3.99. The van der Waals surface area contributed by atoms with E-state index in [9.17, 15) is 9.59 Å². The second kappa shape index (κ2) is 6.51. The molecule has 3 aromatic rings. The van der Waals surface area contributed by atoms with Gasteiger partial charge >= 0.3 is 6.03 Å². The van der Waals surface area contributed by atoms with Crippen molar-refractivity contribution in [1.29, 1.82) is 0 Å². The summed E-state index contributed by atoms with van der Waals surface area (Å²) in [6.07, 6.45) is 0. The Bertz CT molecular complexity index is 1140. The maximum atomic E-state index is 13.3. The number of fused-ring (bicyclic) bond motifs is 2. The summed E-state index contributed by atoms with van der Waals surface area (Å²) in [4.78, 5) is 27.3. The summed E-state index contributed by atoms with van der Waals surface area (Å²) in [7, 11) is 0. The molecule has 0 saturated carbocycles. The van der Waals surface area contributed by atoms with Crippen molar-refractivity contribution in [3.8, 4) is 11.5 Å². The number of urea groups is 1. The highest BCUT2D eigenvalue weighted by atomic mass is 16.6. The summed E-state index contributed by atoms with van der Waals surface area (Å²) >= 11 is 0. The third kappa shape index (κ3) is 2.79. The van der Waals surface area contributed by atoms with Gasteiger partial charge in [0, 0.05) is 0 Å². The van der Waals surface area contributed by atoms with Crippen molar-refractivity contribution < 1.29 is 19.1 Å². The number of amides is 3. The van der Waals surface area contributed by atoms with Gasteiger partial charge < -0.3 is 14.8 Å². The summed E-state index contributed by atoms with van der Waals surface area (Å²) in [5.74, 6) is 0.949. The van der Waals surface area contributed by atoms with E-state index in [1.165, 1.54) is 4.90 Å². The highest BCUT2D eigenvalue weighted by molar-refractivity contribution is 6.07. The molecule has 0 bridgehead atoms. The first-order chi connectivity index (χ1) is 14.1. The summed E-state index contributed by atoms with van der Waals surface area (Å²) < 4.78 is 11.2. The Balaban J connectivity index is 1.48. The molecule has 29 heavy (non-hydrogen) atoms. The van der Waals surface area contributed by atoms with E-state index < -0.39 is 11.6 Å². The minimum Gasteiger partial charge on any atom is -0.486 e. The van der Waals surface area contributed by atoms with E-state index in [4.69, 9.17) is 9.47 Å². The van der Waals surface area contributed by atoms with E-state index in [1.807, 2.05) is 42.5 Å². The van der Waals surface area contributed by atoms with Crippen molar-refractivity contribution >= 4 is 22.7 Å². The maximum Gasteiger partial charge on any atom is 0.325 e. The molecule has 2 aliphatic heterocycles. The molecule has 0 spiro atoms. The van der Waals surface area contributed by atoms with Crippen molar-refractivity contribution in [3.05, 3.63) is 71.8 Å². The van der Waals surface area contributed by atoms with Crippen molar-refractivity contribution in [2.24, 2.45) is 0 Å². The van der Waals surface area contributed by atoms with E-state index in [-0.39, 0.29) is 12.5 Å². The lowest BCUT2D eigenvalue weighted by Crippen LogP contribution is -2.41. The van der Waals surface area contributed by atoms with Gasteiger partial charge in [-0.3, -0.25) is 9.69 Å².